The third-order valence-electron chi connectivity index (χ3n) is 3.55. The lowest BCUT2D eigenvalue weighted by Gasteiger charge is -2.12. The Kier molecular flexibility index (Phi) is 13.9. The van der Waals surface area contributed by atoms with E-state index in [1.807, 2.05) is 20.2 Å². The first kappa shape index (κ1) is 24.6. The number of Topliss-reactive ketones (excluding diaryl/α,β-unsaturated/α-hetero) is 1. The van der Waals surface area contributed by atoms with Crippen LogP contribution in [-0.2, 0) is 23.9 Å². The number of nitrogens with zero attached hydrogens (tertiary/aromatic N) is 1. The van der Waals surface area contributed by atoms with Crippen molar-refractivity contribution in [3.8, 4) is 0 Å². The van der Waals surface area contributed by atoms with Crippen molar-refractivity contribution < 1.29 is 23.9 Å². The molecule has 9 heteroatoms. The molecule has 3 amide bonds. The van der Waals surface area contributed by atoms with Gasteiger partial charge in [0, 0.05) is 45.5 Å². The molecule has 0 aromatic carbocycles. The van der Waals surface area contributed by atoms with Crippen molar-refractivity contribution in [1.82, 2.24) is 15.5 Å². The van der Waals surface area contributed by atoms with Gasteiger partial charge in [-0.2, -0.15) is 11.8 Å². The summed E-state index contributed by atoms with van der Waals surface area (Å²) >= 11 is 1.39. The lowest BCUT2D eigenvalue weighted by atomic mass is 10.3. The average molecular weight is 390 g/mol. The summed E-state index contributed by atoms with van der Waals surface area (Å²) in [5.41, 5.74) is 0. The minimum Gasteiger partial charge on any atom is -0.381 e. The standard InChI is InChI=1S/C9H13NO3S.C8H18N2O2/c1-6(11)3-4-10-8(12)5-7(14-2)9(10)13;1-3-12-7-4-8(11)10-6-5-9-2/h7H,3-5H2,1-2H3;9H,3-7H2,1-2H3,(H,10,11). The number of hydrogen-bond donors (Lipinski definition) is 2. The van der Waals surface area contributed by atoms with E-state index in [1.54, 1.807) is 0 Å². The summed E-state index contributed by atoms with van der Waals surface area (Å²) in [5.74, 6) is -0.253. The van der Waals surface area contributed by atoms with E-state index >= 15 is 0 Å². The van der Waals surface area contributed by atoms with Crippen LogP contribution in [0.2, 0.25) is 0 Å². The molecule has 1 saturated heterocycles. The molecule has 1 rings (SSSR count). The second-order valence-electron chi connectivity index (χ2n) is 5.66. The van der Waals surface area contributed by atoms with E-state index < -0.39 is 0 Å². The number of imide groups is 1. The Hall–Kier alpha value is -1.45. The molecule has 1 atom stereocenters. The molecular formula is C17H31N3O5S. The van der Waals surface area contributed by atoms with Crippen LogP contribution in [0.25, 0.3) is 0 Å². The zero-order valence-electron chi connectivity index (χ0n) is 16.1. The number of nitrogens with one attached hydrogen (secondary N) is 2. The van der Waals surface area contributed by atoms with Gasteiger partial charge >= 0.3 is 0 Å². The molecular weight excluding hydrogens is 358 g/mol. The van der Waals surface area contributed by atoms with Gasteiger partial charge in [0.05, 0.1) is 11.9 Å². The normalized spacial score (nSPS) is 16.3. The maximum atomic E-state index is 11.5. The number of likely N-dealkylation sites (N-methyl/N-ethyl adjacent to an activating group) is 1. The van der Waals surface area contributed by atoms with Gasteiger partial charge in [-0.05, 0) is 27.2 Å². The smallest absolute Gasteiger partial charge is 0.242 e. The van der Waals surface area contributed by atoms with Crippen molar-refractivity contribution in [2.75, 3.05) is 46.2 Å². The summed E-state index contributed by atoms with van der Waals surface area (Å²) in [4.78, 5) is 45.8. The zero-order valence-corrected chi connectivity index (χ0v) is 16.9. The molecule has 1 fully saturated rings. The molecule has 8 nitrogen and oxygen atoms in total. The number of likely N-dealkylation sites (tertiary alicyclic amines) is 1. The second kappa shape index (κ2) is 14.7. The number of hydrogen-bond acceptors (Lipinski definition) is 7. The number of thioether (sulfide) groups is 1. The minimum atomic E-state index is -0.241. The monoisotopic (exact) mass is 389 g/mol. The molecule has 0 saturated carbocycles. The predicted octanol–water partition coefficient (Wildman–Crippen LogP) is 0.205. The highest BCUT2D eigenvalue weighted by atomic mass is 32.2. The Morgan fingerprint density at radius 2 is 1.96 bits per heavy atom. The number of carbonyl (C=O) groups is 4. The molecule has 1 unspecified atom stereocenters. The van der Waals surface area contributed by atoms with E-state index in [-0.39, 0.29) is 48.1 Å². The van der Waals surface area contributed by atoms with Crippen LogP contribution in [0.5, 0.6) is 0 Å². The summed E-state index contributed by atoms with van der Waals surface area (Å²) in [6.07, 6.45) is 2.80. The molecule has 0 aliphatic carbocycles. The highest BCUT2D eigenvalue weighted by Gasteiger charge is 2.37. The van der Waals surface area contributed by atoms with Gasteiger partial charge in [-0.3, -0.25) is 24.1 Å². The lowest BCUT2D eigenvalue weighted by molar-refractivity contribution is -0.138. The third kappa shape index (κ3) is 10.5. The van der Waals surface area contributed by atoms with Gasteiger partial charge in [0.1, 0.15) is 5.78 Å². The minimum absolute atomic E-state index is 0.00167. The van der Waals surface area contributed by atoms with Gasteiger partial charge < -0.3 is 15.4 Å². The molecule has 0 bridgehead atoms. The van der Waals surface area contributed by atoms with Gasteiger partial charge in [0.15, 0.2) is 0 Å². The lowest BCUT2D eigenvalue weighted by Crippen LogP contribution is -2.33. The molecule has 1 aliphatic rings. The molecule has 0 radical (unpaired) electrons. The Morgan fingerprint density at radius 3 is 2.46 bits per heavy atom. The maximum Gasteiger partial charge on any atom is 0.242 e. The number of ketones is 1. The fourth-order valence-corrected chi connectivity index (χ4v) is 2.70. The van der Waals surface area contributed by atoms with Gasteiger partial charge in [0.2, 0.25) is 17.7 Å². The maximum absolute atomic E-state index is 11.5. The van der Waals surface area contributed by atoms with Crippen molar-refractivity contribution in [2.24, 2.45) is 0 Å². The highest BCUT2D eigenvalue weighted by molar-refractivity contribution is 8.00. The Bertz CT molecular complexity index is 461. The first-order valence-corrected chi connectivity index (χ1v) is 10.0. The molecule has 0 spiro atoms. The zero-order chi connectivity index (χ0) is 19.9. The number of ether oxygens (including phenoxy) is 1. The van der Waals surface area contributed by atoms with Gasteiger partial charge in [-0.1, -0.05) is 0 Å². The predicted molar refractivity (Wildman–Crippen MR) is 102 cm³/mol. The van der Waals surface area contributed by atoms with Crippen LogP contribution in [0, 0.1) is 0 Å². The molecule has 1 aliphatic heterocycles. The molecule has 26 heavy (non-hydrogen) atoms. The summed E-state index contributed by atoms with van der Waals surface area (Å²) < 4.78 is 5.03. The molecule has 0 aromatic rings. The number of rotatable bonds is 11. The van der Waals surface area contributed by atoms with Crippen molar-refractivity contribution in [1.29, 1.82) is 0 Å². The number of carbonyl (C=O) groups excluding carboxylic acids is 4. The van der Waals surface area contributed by atoms with Gasteiger partial charge in [-0.15, -0.1) is 0 Å². The SMILES string of the molecule is CCOCCC(=O)NCCNC.CSC1CC(=O)N(CCC(C)=O)C1=O. The Labute approximate surface area is 159 Å². The third-order valence-corrected chi connectivity index (χ3v) is 4.49. The van der Waals surface area contributed by atoms with Crippen molar-refractivity contribution >= 4 is 35.3 Å². The summed E-state index contributed by atoms with van der Waals surface area (Å²) in [6, 6.07) is 0. The van der Waals surface area contributed by atoms with Crippen LogP contribution in [0.15, 0.2) is 0 Å². The summed E-state index contributed by atoms with van der Waals surface area (Å²) in [6.45, 7) is 6.29. The van der Waals surface area contributed by atoms with Crippen molar-refractivity contribution in [3.63, 3.8) is 0 Å². The van der Waals surface area contributed by atoms with E-state index in [9.17, 15) is 19.2 Å². The molecule has 150 valence electrons. The first-order chi connectivity index (χ1) is 12.4. The Balaban J connectivity index is 0.000000488. The summed E-state index contributed by atoms with van der Waals surface area (Å²) in [7, 11) is 1.85. The fourth-order valence-electron chi connectivity index (χ4n) is 2.07. The quantitative estimate of drug-likeness (QED) is 0.384. The van der Waals surface area contributed by atoms with E-state index in [0.717, 1.165) is 6.54 Å². The van der Waals surface area contributed by atoms with Crippen molar-refractivity contribution in [2.45, 2.75) is 38.4 Å². The fraction of sp³-hybridized carbons (Fsp3) is 0.765. The van der Waals surface area contributed by atoms with E-state index in [0.29, 0.717) is 26.2 Å². The van der Waals surface area contributed by atoms with Crippen LogP contribution in [0.3, 0.4) is 0 Å². The van der Waals surface area contributed by atoms with Crippen LogP contribution in [-0.4, -0.2) is 79.8 Å². The highest BCUT2D eigenvalue weighted by Crippen LogP contribution is 2.22. The molecule has 1 heterocycles. The van der Waals surface area contributed by atoms with E-state index in [2.05, 4.69) is 10.6 Å². The van der Waals surface area contributed by atoms with Crippen LogP contribution < -0.4 is 10.6 Å². The molecule has 2 N–H and O–H groups in total. The largest absolute Gasteiger partial charge is 0.381 e. The van der Waals surface area contributed by atoms with Crippen LogP contribution in [0.4, 0.5) is 0 Å². The second-order valence-corrected chi connectivity index (χ2v) is 6.70. The topological polar surface area (TPSA) is 105 Å². The van der Waals surface area contributed by atoms with Crippen LogP contribution in [0.1, 0.15) is 33.1 Å². The van der Waals surface area contributed by atoms with E-state index in [1.165, 1.54) is 23.6 Å². The van der Waals surface area contributed by atoms with Gasteiger partial charge in [0.25, 0.3) is 0 Å². The average Bonchev–Trinajstić information content (AvgIpc) is 2.87. The first-order valence-electron chi connectivity index (χ1n) is 8.72. The molecule has 0 aromatic heterocycles. The van der Waals surface area contributed by atoms with Gasteiger partial charge in [-0.25, -0.2) is 0 Å². The summed E-state index contributed by atoms with van der Waals surface area (Å²) in [5, 5.41) is 5.46. The number of amides is 3. The van der Waals surface area contributed by atoms with Crippen molar-refractivity contribution in [3.05, 3.63) is 0 Å². The Morgan fingerprint density at radius 1 is 1.27 bits per heavy atom. The van der Waals surface area contributed by atoms with E-state index in [4.69, 9.17) is 4.74 Å². The van der Waals surface area contributed by atoms with Crippen LogP contribution >= 0.6 is 11.8 Å².